The molecule has 2 bridgehead atoms. The van der Waals surface area contributed by atoms with E-state index in [9.17, 15) is 9.59 Å². The predicted octanol–water partition coefficient (Wildman–Crippen LogP) is 1.78. The molecule has 2 aliphatic carbocycles. The Morgan fingerprint density at radius 3 is 2.93 bits per heavy atom. The highest BCUT2D eigenvalue weighted by Gasteiger charge is 2.50. The lowest BCUT2D eigenvalue weighted by Crippen LogP contribution is -2.37. The maximum Gasteiger partial charge on any atom is 0.304 e. The van der Waals surface area contributed by atoms with Crippen molar-refractivity contribution in [3.8, 4) is 0 Å². The summed E-state index contributed by atoms with van der Waals surface area (Å²) >= 11 is 0. The fourth-order valence-corrected chi connectivity index (χ4v) is 2.70. The van der Waals surface area contributed by atoms with Crippen molar-refractivity contribution in [1.29, 1.82) is 0 Å². The van der Waals surface area contributed by atoms with Gasteiger partial charge in [0.15, 0.2) is 0 Å². The zero-order chi connectivity index (χ0) is 10.4. The van der Waals surface area contributed by atoms with Gasteiger partial charge in [-0.15, -0.1) is 0 Å². The number of rotatable bonds is 2. The molecule has 14 heavy (non-hydrogen) atoms. The third-order valence-electron chi connectivity index (χ3n) is 3.47. The Bertz CT molecular complexity index is 331. The van der Waals surface area contributed by atoms with Crippen LogP contribution < -0.4 is 0 Å². The summed E-state index contributed by atoms with van der Waals surface area (Å²) in [6, 6.07) is 0. The Kier molecular flexibility index (Phi) is 1.81. The number of carbonyl (C=O) groups excluding carboxylic acids is 1. The molecular weight excluding hydrogens is 180 g/mol. The molecule has 3 nitrogen and oxygen atoms in total. The van der Waals surface area contributed by atoms with E-state index in [1.807, 2.05) is 12.2 Å². The monoisotopic (exact) mass is 194 g/mol. The van der Waals surface area contributed by atoms with Gasteiger partial charge in [-0.05, 0) is 18.3 Å². The number of carbonyl (C=O) groups is 2. The molecule has 1 saturated carbocycles. The maximum atomic E-state index is 11.7. The van der Waals surface area contributed by atoms with E-state index in [-0.39, 0.29) is 17.6 Å². The Balaban J connectivity index is 2.30. The van der Waals surface area contributed by atoms with Crippen LogP contribution in [0.5, 0.6) is 0 Å². The van der Waals surface area contributed by atoms with Gasteiger partial charge in [0, 0.05) is 6.42 Å². The third kappa shape index (κ3) is 1.27. The van der Waals surface area contributed by atoms with Crippen molar-refractivity contribution in [2.75, 3.05) is 0 Å². The average Bonchev–Trinajstić information content (AvgIpc) is 2.35. The number of Topliss-reactive ketones (excluding diaryl/α,β-unsaturated/α-hetero) is 1. The van der Waals surface area contributed by atoms with E-state index in [0.717, 1.165) is 6.42 Å². The van der Waals surface area contributed by atoms with Crippen molar-refractivity contribution in [2.45, 2.75) is 32.6 Å². The summed E-state index contributed by atoms with van der Waals surface area (Å²) in [5.41, 5.74) is -0.623. The Morgan fingerprint density at radius 2 is 2.29 bits per heavy atom. The van der Waals surface area contributed by atoms with Gasteiger partial charge in [-0.3, -0.25) is 9.59 Å². The molecule has 2 aliphatic rings. The van der Waals surface area contributed by atoms with E-state index in [0.29, 0.717) is 12.8 Å². The number of ketones is 1. The molecule has 0 aliphatic heterocycles. The molecule has 76 valence electrons. The van der Waals surface area contributed by atoms with Crippen molar-refractivity contribution >= 4 is 11.8 Å². The lowest BCUT2D eigenvalue weighted by molar-refractivity contribution is -0.144. The molecule has 1 fully saturated rings. The molecule has 0 heterocycles. The number of hydrogen-bond acceptors (Lipinski definition) is 2. The van der Waals surface area contributed by atoms with Gasteiger partial charge in [-0.1, -0.05) is 19.1 Å². The molecule has 0 spiro atoms. The third-order valence-corrected chi connectivity index (χ3v) is 3.47. The lowest BCUT2D eigenvalue weighted by atomic mass is 9.66. The molecule has 1 N–H and O–H groups in total. The number of allylic oxidation sites excluding steroid dienone is 2. The van der Waals surface area contributed by atoms with Crippen LogP contribution in [0.15, 0.2) is 12.2 Å². The van der Waals surface area contributed by atoms with E-state index in [1.54, 1.807) is 0 Å². The van der Waals surface area contributed by atoms with Crippen LogP contribution in [0.3, 0.4) is 0 Å². The second-order valence-corrected chi connectivity index (χ2v) is 4.81. The highest BCUT2D eigenvalue weighted by Crippen LogP contribution is 2.53. The number of fused-ring (bicyclic) bond motifs is 2. The zero-order valence-corrected chi connectivity index (χ0v) is 8.25. The first-order chi connectivity index (χ1) is 6.46. The topological polar surface area (TPSA) is 54.4 Å². The van der Waals surface area contributed by atoms with Crippen molar-refractivity contribution in [1.82, 2.24) is 0 Å². The maximum absolute atomic E-state index is 11.7. The molecule has 0 saturated heterocycles. The van der Waals surface area contributed by atoms with Crippen LogP contribution in [0.1, 0.15) is 32.6 Å². The van der Waals surface area contributed by atoms with Gasteiger partial charge in [0.1, 0.15) is 5.78 Å². The molecule has 0 aromatic heterocycles. The molecule has 2 rings (SSSR count). The van der Waals surface area contributed by atoms with Gasteiger partial charge in [-0.25, -0.2) is 0 Å². The van der Waals surface area contributed by atoms with E-state index in [1.165, 1.54) is 0 Å². The molecule has 0 aromatic rings. The van der Waals surface area contributed by atoms with E-state index in [2.05, 4.69) is 6.92 Å². The second kappa shape index (κ2) is 2.69. The standard InChI is InChI=1S/C11H14O3/c1-10-3-2-8(12)11(7-10,5-4-10)6-9(13)14/h4-5H,2-3,6-7H2,1H3,(H,13,14). The average molecular weight is 194 g/mol. The van der Waals surface area contributed by atoms with E-state index in [4.69, 9.17) is 5.11 Å². The van der Waals surface area contributed by atoms with Crippen molar-refractivity contribution < 1.29 is 14.7 Å². The van der Waals surface area contributed by atoms with Crippen LogP contribution >= 0.6 is 0 Å². The normalized spacial score (nSPS) is 40.2. The van der Waals surface area contributed by atoms with E-state index < -0.39 is 11.4 Å². The van der Waals surface area contributed by atoms with Crippen molar-refractivity contribution in [2.24, 2.45) is 10.8 Å². The van der Waals surface area contributed by atoms with Crippen molar-refractivity contribution in [3.05, 3.63) is 12.2 Å². The van der Waals surface area contributed by atoms with E-state index >= 15 is 0 Å². The smallest absolute Gasteiger partial charge is 0.304 e. The van der Waals surface area contributed by atoms with Gasteiger partial charge in [0.25, 0.3) is 0 Å². The number of hydrogen-bond donors (Lipinski definition) is 1. The van der Waals surface area contributed by atoms with Crippen LogP contribution in [0.2, 0.25) is 0 Å². The van der Waals surface area contributed by atoms with Crippen LogP contribution in [-0.2, 0) is 9.59 Å². The molecule has 3 heteroatoms. The Labute approximate surface area is 82.8 Å². The number of carboxylic acids is 1. The Hall–Kier alpha value is -1.12. The molecule has 0 radical (unpaired) electrons. The largest absolute Gasteiger partial charge is 0.481 e. The Morgan fingerprint density at radius 1 is 1.57 bits per heavy atom. The zero-order valence-electron chi connectivity index (χ0n) is 8.25. The number of aliphatic carboxylic acids is 1. The molecule has 0 aromatic carbocycles. The first-order valence-electron chi connectivity index (χ1n) is 4.91. The highest BCUT2D eigenvalue weighted by atomic mass is 16.4. The van der Waals surface area contributed by atoms with Crippen LogP contribution in [0, 0.1) is 10.8 Å². The predicted molar refractivity (Wildman–Crippen MR) is 50.8 cm³/mol. The van der Waals surface area contributed by atoms with Crippen molar-refractivity contribution in [3.63, 3.8) is 0 Å². The summed E-state index contributed by atoms with van der Waals surface area (Å²) in [5.74, 6) is -0.778. The summed E-state index contributed by atoms with van der Waals surface area (Å²) in [6.45, 7) is 2.10. The minimum absolute atomic E-state index is 0.0437. The first kappa shape index (κ1) is 9.44. The van der Waals surface area contributed by atoms with Crippen LogP contribution in [0.25, 0.3) is 0 Å². The quantitative estimate of drug-likeness (QED) is 0.681. The molecule has 2 unspecified atom stereocenters. The summed E-state index contributed by atoms with van der Waals surface area (Å²) in [6.07, 6.45) is 5.89. The van der Waals surface area contributed by atoms with Crippen LogP contribution in [-0.4, -0.2) is 16.9 Å². The second-order valence-electron chi connectivity index (χ2n) is 4.81. The lowest BCUT2D eigenvalue weighted by Gasteiger charge is -2.35. The highest BCUT2D eigenvalue weighted by molar-refractivity contribution is 5.92. The first-order valence-corrected chi connectivity index (χ1v) is 4.91. The van der Waals surface area contributed by atoms with Gasteiger partial charge >= 0.3 is 5.97 Å². The van der Waals surface area contributed by atoms with Gasteiger partial charge < -0.3 is 5.11 Å². The fourth-order valence-electron chi connectivity index (χ4n) is 2.70. The summed E-state index contributed by atoms with van der Waals surface area (Å²) < 4.78 is 0. The fraction of sp³-hybridized carbons (Fsp3) is 0.636. The van der Waals surface area contributed by atoms with Gasteiger partial charge in [0.05, 0.1) is 11.8 Å². The minimum Gasteiger partial charge on any atom is -0.481 e. The summed E-state index contributed by atoms with van der Waals surface area (Å²) in [7, 11) is 0. The summed E-state index contributed by atoms with van der Waals surface area (Å²) in [4.78, 5) is 22.5. The summed E-state index contributed by atoms with van der Waals surface area (Å²) in [5, 5.41) is 8.80. The number of carboxylic acid groups (broad SMARTS) is 1. The van der Waals surface area contributed by atoms with Gasteiger partial charge in [0.2, 0.25) is 0 Å². The minimum atomic E-state index is -0.880. The SMILES string of the molecule is CC12C=CC(CC(=O)O)(C1)C(=O)CC2. The molecule has 0 amide bonds. The van der Waals surface area contributed by atoms with Gasteiger partial charge in [-0.2, -0.15) is 0 Å². The molecule has 2 atom stereocenters. The molecular formula is C11H14O3. The van der Waals surface area contributed by atoms with Crippen LogP contribution in [0.4, 0.5) is 0 Å².